The highest BCUT2D eigenvalue weighted by atomic mass is 16.5. The molecule has 1 aliphatic carbocycles. The summed E-state index contributed by atoms with van der Waals surface area (Å²) in [4.78, 5) is 22.5. The minimum Gasteiger partial charge on any atom is -0.479 e. The summed E-state index contributed by atoms with van der Waals surface area (Å²) in [5, 5.41) is 11.7. The van der Waals surface area contributed by atoms with Crippen LogP contribution in [-0.2, 0) is 14.3 Å². The second-order valence-corrected chi connectivity index (χ2v) is 5.28. The molecule has 0 unspecified atom stereocenters. The maximum atomic E-state index is 11.8. The van der Waals surface area contributed by atoms with E-state index >= 15 is 0 Å². The van der Waals surface area contributed by atoms with E-state index in [0.717, 1.165) is 0 Å². The van der Waals surface area contributed by atoms with Gasteiger partial charge in [-0.05, 0) is 31.6 Å². The van der Waals surface area contributed by atoms with Gasteiger partial charge in [0.15, 0.2) is 6.10 Å². The number of carbonyl (C=O) groups excluding carboxylic acids is 1. The Hall–Kier alpha value is -1.10. The molecule has 1 saturated heterocycles. The van der Waals surface area contributed by atoms with E-state index in [1.54, 1.807) is 0 Å². The zero-order valence-electron chi connectivity index (χ0n) is 10.6. The van der Waals surface area contributed by atoms with Crippen molar-refractivity contribution in [3.05, 3.63) is 0 Å². The lowest BCUT2D eigenvalue weighted by Gasteiger charge is -2.22. The summed E-state index contributed by atoms with van der Waals surface area (Å²) in [6, 6.07) is 0. The molecule has 1 aliphatic heterocycles. The Balaban J connectivity index is 1.70. The van der Waals surface area contributed by atoms with Gasteiger partial charge in [0.2, 0.25) is 5.91 Å². The molecule has 5 heteroatoms. The molecule has 0 spiro atoms. The number of ether oxygens (including phenoxy) is 1. The van der Waals surface area contributed by atoms with Gasteiger partial charge in [-0.1, -0.05) is 19.3 Å². The third-order valence-corrected chi connectivity index (χ3v) is 3.88. The fourth-order valence-corrected chi connectivity index (χ4v) is 2.76. The van der Waals surface area contributed by atoms with Gasteiger partial charge >= 0.3 is 5.97 Å². The van der Waals surface area contributed by atoms with Crippen molar-refractivity contribution in [1.82, 2.24) is 5.32 Å². The molecular weight excluding hydrogens is 234 g/mol. The van der Waals surface area contributed by atoms with Crippen molar-refractivity contribution in [2.75, 3.05) is 6.54 Å². The summed E-state index contributed by atoms with van der Waals surface area (Å²) in [7, 11) is 0. The Kier molecular flexibility index (Phi) is 4.58. The van der Waals surface area contributed by atoms with E-state index < -0.39 is 18.2 Å². The van der Waals surface area contributed by atoms with Crippen LogP contribution in [0.3, 0.4) is 0 Å². The van der Waals surface area contributed by atoms with Crippen LogP contribution in [0.2, 0.25) is 0 Å². The van der Waals surface area contributed by atoms with Crippen molar-refractivity contribution in [2.45, 2.75) is 57.2 Å². The average Bonchev–Trinajstić information content (AvgIpc) is 2.87. The number of rotatable bonds is 4. The minimum atomic E-state index is -0.974. The monoisotopic (exact) mass is 255 g/mol. The number of carbonyl (C=O) groups is 2. The normalized spacial score (nSPS) is 29.1. The highest BCUT2D eigenvalue weighted by molar-refractivity contribution is 5.82. The number of carboxylic acids is 1. The Morgan fingerprint density at radius 1 is 1.06 bits per heavy atom. The van der Waals surface area contributed by atoms with Crippen molar-refractivity contribution in [3.8, 4) is 0 Å². The average molecular weight is 255 g/mol. The summed E-state index contributed by atoms with van der Waals surface area (Å²) in [5.41, 5.74) is 0. The number of amides is 1. The van der Waals surface area contributed by atoms with Crippen LogP contribution in [0.4, 0.5) is 0 Å². The Morgan fingerprint density at radius 2 is 1.72 bits per heavy atom. The summed E-state index contributed by atoms with van der Waals surface area (Å²) < 4.78 is 5.21. The van der Waals surface area contributed by atoms with Crippen LogP contribution in [0.25, 0.3) is 0 Å². The van der Waals surface area contributed by atoms with Crippen LogP contribution in [0.5, 0.6) is 0 Å². The largest absolute Gasteiger partial charge is 0.479 e. The molecule has 0 aromatic carbocycles. The van der Waals surface area contributed by atoms with Crippen molar-refractivity contribution in [3.63, 3.8) is 0 Å². The molecule has 1 heterocycles. The van der Waals surface area contributed by atoms with Crippen LogP contribution in [-0.4, -0.2) is 35.7 Å². The zero-order valence-corrected chi connectivity index (χ0v) is 10.6. The maximum absolute atomic E-state index is 11.8. The molecule has 5 nitrogen and oxygen atoms in total. The standard InChI is InChI=1S/C13H21NO4/c15-12(10-6-7-11(18-10)13(16)17)14-8-9-4-2-1-3-5-9/h9-11H,1-8H2,(H,14,15)(H,16,17)/t10-,11+/m0/s1. The predicted molar refractivity (Wildman–Crippen MR) is 65.1 cm³/mol. The topological polar surface area (TPSA) is 75.6 Å². The van der Waals surface area contributed by atoms with Crippen LogP contribution >= 0.6 is 0 Å². The first-order valence-electron chi connectivity index (χ1n) is 6.83. The van der Waals surface area contributed by atoms with Crippen LogP contribution in [0, 0.1) is 5.92 Å². The SMILES string of the molecule is O=C(NCC1CCCCC1)[C@@H]1CC[C@H](C(=O)O)O1. The molecule has 102 valence electrons. The van der Waals surface area contributed by atoms with E-state index in [0.29, 0.717) is 25.3 Å². The van der Waals surface area contributed by atoms with Gasteiger partial charge < -0.3 is 15.2 Å². The number of hydrogen-bond acceptors (Lipinski definition) is 3. The van der Waals surface area contributed by atoms with E-state index in [2.05, 4.69) is 5.32 Å². The van der Waals surface area contributed by atoms with Gasteiger partial charge in [0.05, 0.1) is 0 Å². The maximum Gasteiger partial charge on any atom is 0.332 e. The number of aliphatic carboxylic acids is 1. The van der Waals surface area contributed by atoms with Gasteiger partial charge in [-0.3, -0.25) is 4.79 Å². The lowest BCUT2D eigenvalue weighted by molar-refractivity contribution is -0.151. The molecule has 2 aliphatic rings. The summed E-state index contributed by atoms with van der Waals surface area (Å²) in [5.74, 6) is -0.540. The van der Waals surface area contributed by atoms with Crippen molar-refractivity contribution in [2.24, 2.45) is 5.92 Å². The summed E-state index contributed by atoms with van der Waals surface area (Å²) >= 11 is 0. The molecule has 18 heavy (non-hydrogen) atoms. The fourth-order valence-electron chi connectivity index (χ4n) is 2.76. The molecule has 2 fully saturated rings. The van der Waals surface area contributed by atoms with Crippen molar-refractivity contribution < 1.29 is 19.4 Å². The quantitative estimate of drug-likeness (QED) is 0.794. The van der Waals surface area contributed by atoms with Gasteiger partial charge in [0, 0.05) is 6.54 Å². The van der Waals surface area contributed by atoms with E-state index in [4.69, 9.17) is 9.84 Å². The number of hydrogen-bond donors (Lipinski definition) is 2. The molecule has 0 aromatic heterocycles. The van der Waals surface area contributed by atoms with E-state index in [9.17, 15) is 9.59 Å². The van der Waals surface area contributed by atoms with Crippen LogP contribution in [0.1, 0.15) is 44.9 Å². The molecule has 0 aromatic rings. The molecule has 2 atom stereocenters. The number of carboxylic acid groups (broad SMARTS) is 1. The molecule has 0 radical (unpaired) electrons. The first-order chi connectivity index (χ1) is 8.66. The second kappa shape index (κ2) is 6.18. The smallest absolute Gasteiger partial charge is 0.332 e. The predicted octanol–water partition coefficient (Wildman–Crippen LogP) is 1.32. The second-order valence-electron chi connectivity index (χ2n) is 5.28. The highest BCUT2D eigenvalue weighted by Gasteiger charge is 2.34. The molecular formula is C13H21NO4. The van der Waals surface area contributed by atoms with E-state index in [1.165, 1.54) is 32.1 Å². The third kappa shape index (κ3) is 3.45. The van der Waals surface area contributed by atoms with Gasteiger partial charge in [-0.15, -0.1) is 0 Å². The summed E-state index contributed by atoms with van der Waals surface area (Å²) in [6.45, 7) is 0.705. The van der Waals surface area contributed by atoms with Crippen molar-refractivity contribution in [1.29, 1.82) is 0 Å². The Labute approximate surface area is 107 Å². The third-order valence-electron chi connectivity index (χ3n) is 3.88. The van der Waals surface area contributed by atoms with Gasteiger partial charge in [-0.25, -0.2) is 4.79 Å². The fraction of sp³-hybridized carbons (Fsp3) is 0.846. The number of nitrogens with one attached hydrogen (secondary N) is 1. The van der Waals surface area contributed by atoms with Crippen LogP contribution in [0.15, 0.2) is 0 Å². The van der Waals surface area contributed by atoms with E-state index in [1.807, 2.05) is 0 Å². The van der Waals surface area contributed by atoms with Gasteiger partial charge in [-0.2, -0.15) is 0 Å². The molecule has 2 N–H and O–H groups in total. The molecule has 1 saturated carbocycles. The molecule has 1 amide bonds. The zero-order chi connectivity index (χ0) is 13.0. The minimum absolute atomic E-state index is 0.149. The summed E-state index contributed by atoms with van der Waals surface area (Å²) in [6.07, 6.45) is 5.72. The molecule has 0 bridgehead atoms. The van der Waals surface area contributed by atoms with Gasteiger partial charge in [0.25, 0.3) is 0 Å². The first kappa shape index (κ1) is 13.3. The highest BCUT2D eigenvalue weighted by Crippen LogP contribution is 2.23. The first-order valence-corrected chi connectivity index (χ1v) is 6.83. The Morgan fingerprint density at radius 3 is 2.33 bits per heavy atom. The lowest BCUT2D eigenvalue weighted by Crippen LogP contribution is -2.38. The Bertz CT molecular complexity index is 312. The van der Waals surface area contributed by atoms with Crippen molar-refractivity contribution >= 4 is 11.9 Å². The molecule has 2 rings (SSSR count). The van der Waals surface area contributed by atoms with Crippen LogP contribution < -0.4 is 5.32 Å². The van der Waals surface area contributed by atoms with E-state index in [-0.39, 0.29) is 5.91 Å². The van der Waals surface area contributed by atoms with Gasteiger partial charge in [0.1, 0.15) is 6.10 Å². The lowest BCUT2D eigenvalue weighted by atomic mass is 9.89.